The second-order valence-corrected chi connectivity index (χ2v) is 9.80. The number of hydrogen-bond acceptors (Lipinski definition) is 4. The molecule has 2 aliphatic heterocycles. The van der Waals surface area contributed by atoms with Crippen molar-refractivity contribution in [3.8, 4) is 5.75 Å². The van der Waals surface area contributed by atoms with E-state index < -0.39 is 15.8 Å². The molecule has 7 heteroatoms. The first kappa shape index (κ1) is 20.3. The van der Waals surface area contributed by atoms with Gasteiger partial charge in [-0.2, -0.15) is 17.0 Å². The number of nitrogens with zero attached hydrogens (tertiary/aromatic N) is 2. The molecule has 2 aromatic rings. The molecule has 0 bridgehead atoms. The van der Waals surface area contributed by atoms with Gasteiger partial charge in [-0.3, -0.25) is 0 Å². The largest absolute Gasteiger partial charge is 0.497 e. The maximum Gasteiger partial charge on any atom is 0.282 e. The Morgan fingerprint density at radius 3 is 2.55 bits per heavy atom. The van der Waals surface area contributed by atoms with Gasteiger partial charge in [0.15, 0.2) is 0 Å². The van der Waals surface area contributed by atoms with Crippen molar-refractivity contribution in [1.29, 1.82) is 0 Å². The van der Waals surface area contributed by atoms with Crippen molar-refractivity contribution in [1.82, 2.24) is 8.61 Å². The van der Waals surface area contributed by atoms with E-state index in [4.69, 9.17) is 9.47 Å². The zero-order valence-electron chi connectivity index (χ0n) is 17.0. The van der Waals surface area contributed by atoms with Crippen LogP contribution in [-0.4, -0.2) is 50.9 Å². The second kappa shape index (κ2) is 8.07. The summed E-state index contributed by atoms with van der Waals surface area (Å²) >= 11 is 0. The summed E-state index contributed by atoms with van der Waals surface area (Å²) in [5, 5.41) is 0. The van der Waals surface area contributed by atoms with Crippen molar-refractivity contribution in [3.63, 3.8) is 0 Å². The SMILES string of the molecule is COc1ccc2c(c1)CCOC21CCN(S(=O)(=O)N(C)Cc2ccccc2)CC1. The maximum atomic E-state index is 13.1. The van der Waals surface area contributed by atoms with Crippen LogP contribution in [0.1, 0.15) is 29.5 Å². The van der Waals surface area contributed by atoms with Crippen LogP contribution in [0.2, 0.25) is 0 Å². The summed E-state index contributed by atoms with van der Waals surface area (Å²) in [7, 11) is -0.196. The number of rotatable bonds is 5. The van der Waals surface area contributed by atoms with Crippen LogP contribution in [0.3, 0.4) is 0 Å². The monoisotopic (exact) mass is 416 g/mol. The zero-order valence-corrected chi connectivity index (χ0v) is 17.8. The summed E-state index contributed by atoms with van der Waals surface area (Å²) in [6.07, 6.45) is 2.17. The first-order valence-electron chi connectivity index (χ1n) is 10.0. The molecule has 4 rings (SSSR count). The highest BCUT2D eigenvalue weighted by Crippen LogP contribution is 2.43. The average Bonchev–Trinajstić information content (AvgIpc) is 2.74. The topological polar surface area (TPSA) is 59.1 Å². The smallest absolute Gasteiger partial charge is 0.282 e. The van der Waals surface area contributed by atoms with E-state index in [1.54, 1.807) is 18.5 Å². The van der Waals surface area contributed by atoms with Gasteiger partial charge in [0.25, 0.3) is 10.2 Å². The quantitative estimate of drug-likeness (QED) is 0.752. The molecule has 0 saturated carbocycles. The van der Waals surface area contributed by atoms with Crippen LogP contribution in [0.15, 0.2) is 48.5 Å². The summed E-state index contributed by atoms with van der Waals surface area (Å²) in [6.45, 7) is 1.92. The van der Waals surface area contributed by atoms with E-state index in [9.17, 15) is 8.42 Å². The number of piperidine rings is 1. The number of fused-ring (bicyclic) bond motifs is 2. The Labute approximate surface area is 173 Å². The first-order valence-corrected chi connectivity index (χ1v) is 11.4. The molecule has 6 nitrogen and oxygen atoms in total. The summed E-state index contributed by atoms with van der Waals surface area (Å²) in [6, 6.07) is 15.8. The van der Waals surface area contributed by atoms with Crippen molar-refractivity contribution in [2.75, 3.05) is 33.9 Å². The lowest BCUT2D eigenvalue weighted by molar-refractivity contribution is -0.0896. The minimum absolute atomic E-state index is 0.365. The highest BCUT2D eigenvalue weighted by molar-refractivity contribution is 7.86. The van der Waals surface area contributed by atoms with E-state index in [-0.39, 0.29) is 0 Å². The lowest BCUT2D eigenvalue weighted by atomic mass is 9.80. The Balaban J connectivity index is 1.48. The van der Waals surface area contributed by atoms with Gasteiger partial charge in [0, 0.05) is 26.7 Å². The summed E-state index contributed by atoms with van der Waals surface area (Å²) in [4.78, 5) is 0. The van der Waals surface area contributed by atoms with Crippen LogP contribution in [0.4, 0.5) is 0 Å². The third kappa shape index (κ3) is 3.92. The van der Waals surface area contributed by atoms with Crippen LogP contribution >= 0.6 is 0 Å². The van der Waals surface area contributed by atoms with E-state index in [0.29, 0.717) is 39.1 Å². The van der Waals surface area contributed by atoms with Crippen LogP contribution in [0.25, 0.3) is 0 Å². The molecule has 0 atom stereocenters. The molecule has 0 N–H and O–H groups in total. The van der Waals surface area contributed by atoms with Crippen LogP contribution < -0.4 is 4.74 Å². The predicted molar refractivity (Wildman–Crippen MR) is 112 cm³/mol. The Morgan fingerprint density at radius 1 is 1.14 bits per heavy atom. The second-order valence-electron chi connectivity index (χ2n) is 7.76. The van der Waals surface area contributed by atoms with Crippen LogP contribution in [0.5, 0.6) is 5.75 Å². The molecule has 0 aromatic heterocycles. The van der Waals surface area contributed by atoms with Crippen molar-refractivity contribution in [2.24, 2.45) is 0 Å². The molecular formula is C22H28N2O4S. The van der Waals surface area contributed by atoms with Crippen molar-refractivity contribution < 1.29 is 17.9 Å². The lowest BCUT2D eigenvalue weighted by Crippen LogP contribution is -2.51. The molecule has 2 aromatic carbocycles. The van der Waals surface area contributed by atoms with E-state index in [1.165, 1.54) is 15.4 Å². The first-order chi connectivity index (χ1) is 13.9. The molecule has 1 saturated heterocycles. The molecule has 2 heterocycles. The fraction of sp³-hybridized carbons (Fsp3) is 0.455. The highest BCUT2D eigenvalue weighted by atomic mass is 32.2. The number of benzene rings is 2. The molecule has 0 unspecified atom stereocenters. The Hall–Kier alpha value is -1.93. The van der Waals surface area contributed by atoms with Crippen LogP contribution in [-0.2, 0) is 33.5 Å². The van der Waals surface area contributed by atoms with Gasteiger partial charge in [-0.1, -0.05) is 36.4 Å². The molecule has 1 spiro atoms. The summed E-state index contributed by atoms with van der Waals surface area (Å²) in [5.41, 5.74) is 3.00. The van der Waals surface area contributed by atoms with E-state index in [2.05, 4.69) is 12.1 Å². The molecule has 0 amide bonds. The average molecular weight is 417 g/mol. The molecule has 1 fully saturated rings. The summed E-state index contributed by atoms with van der Waals surface area (Å²) < 4.78 is 40.8. The molecule has 0 radical (unpaired) electrons. The normalized spacial score (nSPS) is 19.3. The van der Waals surface area contributed by atoms with Gasteiger partial charge in [0.2, 0.25) is 0 Å². The van der Waals surface area contributed by atoms with Crippen molar-refractivity contribution in [2.45, 2.75) is 31.4 Å². The van der Waals surface area contributed by atoms with Gasteiger partial charge in [-0.25, -0.2) is 0 Å². The fourth-order valence-electron chi connectivity index (χ4n) is 4.39. The van der Waals surface area contributed by atoms with E-state index in [0.717, 1.165) is 17.7 Å². The third-order valence-electron chi connectivity index (χ3n) is 6.05. The minimum Gasteiger partial charge on any atom is -0.497 e. The number of hydrogen-bond donors (Lipinski definition) is 0. The minimum atomic E-state index is -3.51. The number of ether oxygens (including phenoxy) is 2. The zero-order chi connectivity index (χ0) is 20.5. The summed E-state index contributed by atoms with van der Waals surface area (Å²) in [5.74, 6) is 0.850. The number of methoxy groups -OCH3 is 1. The van der Waals surface area contributed by atoms with Crippen molar-refractivity contribution >= 4 is 10.2 Å². The lowest BCUT2D eigenvalue weighted by Gasteiger charge is -2.45. The maximum absolute atomic E-state index is 13.1. The van der Waals surface area contributed by atoms with E-state index >= 15 is 0 Å². The fourth-order valence-corrected chi connectivity index (χ4v) is 5.74. The Kier molecular flexibility index (Phi) is 5.66. The van der Waals surface area contributed by atoms with Crippen LogP contribution in [0, 0.1) is 0 Å². The van der Waals surface area contributed by atoms with Gasteiger partial charge in [-0.05, 0) is 48.1 Å². The van der Waals surface area contributed by atoms with Crippen molar-refractivity contribution in [3.05, 3.63) is 65.2 Å². The van der Waals surface area contributed by atoms with Gasteiger partial charge in [0.05, 0.1) is 19.3 Å². The highest BCUT2D eigenvalue weighted by Gasteiger charge is 2.43. The molecule has 0 aliphatic carbocycles. The standard InChI is InChI=1S/C22H28N2O4S/c1-23(17-18-6-4-3-5-7-18)29(25,26)24-13-11-22(12-14-24)21-9-8-20(27-2)16-19(21)10-15-28-22/h3-9,16H,10-15,17H2,1-2H3. The van der Waals surface area contributed by atoms with Gasteiger partial charge in [0.1, 0.15) is 5.75 Å². The predicted octanol–water partition coefficient (Wildman–Crippen LogP) is 2.94. The Morgan fingerprint density at radius 2 is 1.86 bits per heavy atom. The molecule has 29 heavy (non-hydrogen) atoms. The molecule has 156 valence electrons. The third-order valence-corrected chi connectivity index (χ3v) is 7.99. The van der Waals surface area contributed by atoms with E-state index in [1.807, 2.05) is 36.4 Å². The van der Waals surface area contributed by atoms with Gasteiger partial charge < -0.3 is 9.47 Å². The van der Waals surface area contributed by atoms with Gasteiger partial charge >= 0.3 is 0 Å². The molecule has 2 aliphatic rings. The van der Waals surface area contributed by atoms with Gasteiger partial charge in [-0.15, -0.1) is 0 Å². The molecular weight excluding hydrogens is 388 g/mol. The Bertz CT molecular complexity index is 954.